The van der Waals surface area contributed by atoms with Gasteiger partial charge in [0, 0.05) is 4.47 Å². The molecular weight excluding hydrogens is 272 g/mol. The van der Waals surface area contributed by atoms with Crippen LogP contribution < -0.4 is 0 Å². The molecule has 0 spiro atoms. The Kier molecular flexibility index (Phi) is 4.71. The van der Waals surface area contributed by atoms with Crippen LogP contribution in [0.3, 0.4) is 0 Å². The molecule has 0 saturated carbocycles. The van der Waals surface area contributed by atoms with E-state index in [4.69, 9.17) is 4.74 Å². The Labute approximate surface area is 103 Å². The van der Waals surface area contributed by atoms with Gasteiger partial charge >= 0.3 is 5.97 Å². The van der Waals surface area contributed by atoms with Crippen molar-refractivity contribution in [1.82, 2.24) is 0 Å². The molecule has 0 saturated heterocycles. The van der Waals surface area contributed by atoms with Gasteiger partial charge in [0.05, 0.1) is 18.3 Å². The van der Waals surface area contributed by atoms with E-state index in [0.29, 0.717) is 22.2 Å². The highest BCUT2D eigenvalue weighted by atomic mass is 79.9. The normalized spacial score (nSPS) is 11.9. The van der Waals surface area contributed by atoms with E-state index in [-0.39, 0.29) is 5.97 Å². The van der Waals surface area contributed by atoms with E-state index < -0.39 is 6.10 Å². The smallest absolute Gasteiger partial charge is 0.338 e. The quantitative estimate of drug-likeness (QED) is 0.683. The predicted molar refractivity (Wildman–Crippen MR) is 65.3 cm³/mol. The third kappa shape index (κ3) is 2.93. The molecule has 0 bridgehead atoms. The molecule has 3 nitrogen and oxygen atoms in total. The first-order valence-corrected chi connectivity index (χ1v) is 5.66. The second-order valence-electron chi connectivity index (χ2n) is 3.14. The second-order valence-corrected chi connectivity index (χ2v) is 3.99. The molecule has 0 aliphatic rings. The molecule has 0 heterocycles. The highest BCUT2D eigenvalue weighted by Gasteiger charge is 2.12. The molecule has 1 aromatic carbocycles. The lowest BCUT2D eigenvalue weighted by Gasteiger charge is -2.09. The van der Waals surface area contributed by atoms with Gasteiger partial charge in [-0.05, 0) is 24.6 Å². The van der Waals surface area contributed by atoms with E-state index in [0.717, 1.165) is 0 Å². The summed E-state index contributed by atoms with van der Waals surface area (Å²) in [6, 6.07) is 4.91. The lowest BCUT2D eigenvalue weighted by molar-refractivity contribution is 0.0526. The maximum atomic E-state index is 11.4. The van der Waals surface area contributed by atoms with Crippen LogP contribution in [0.5, 0.6) is 0 Å². The first-order valence-electron chi connectivity index (χ1n) is 4.87. The van der Waals surface area contributed by atoms with E-state index in [2.05, 4.69) is 22.5 Å². The summed E-state index contributed by atoms with van der Waals surface area (Å²) in [5.74, 6) is -0.372. The van der Waals surface area contributed by atoms with Gasteiger partial charge < -0.3 is 9.84 Å². The molecule has 1 aromatic rings. The van der Waals surface area contributed by atoms with Crippen molar-refractivity contribution in [2.24, 2.45) is 0 Å². The summed E-state index contributed by atoms with van der Waals surface area (Å²) >= 11 is 3.29. The van der Waals surface area contributed by atoms with Crippen molar-refractivity contribution < 1.29 is 14.6 Å². The minimum absolute atomic E-state index is 0.341. The van der Waals surface area contributed by atoms with Crippen LogP contribution in [-0.2, 0) is 4.74 Å². The van der Waals surface area contributed by atoms with Crippen LogP contribution in [0.1, 0.15) is 28.9 Å². The minimum atomic E-state index is -0.745. The van der Waals surface area contributed by atoms with Gasteiger partial charge in [-0.1, -0.05) is 28.1 Å². The number of benzene rings is 1. The summed E-state index contributed by atoms with van der Waals surface area (Å²) in [5, 5.41) is 9.58. The van der Waals surface area contributed by atoms with Crippen molar-refractivity contribution in [3.8, 4) is 0 Å². The number of hydrogen-bond donors (Lipinski definition) is 1. The summed E-state index contributed by atoms with van der Waals surface area (Å²) in [7, 11) is 0. The first kappa shape index (κ1) is 12.9. The number of halogens is 1. The van der Waals surface area contributed by atoms with Crippen LogP contribution in [0.4, 0.5) is 0 Å². The SMILES string of the molecule is C=CC(O)c1ccc(C(=O)OCC)cc1Br. The Bertz CT molecular complexity index is 401. The molecule has 0 amide bonds. The summed E-state index contributed by atoms with van der Waals surface area (Å²) in [6.07, 6.45) is 0.676. The number of hydrogen-bond acceptors (Lipinski definition) is 3. The summed E-state index contributed by atoms with van der Waals surface area (Å²) in [5.41, 5.74) is 1.12. The molecule has 1 N–H and O–H groups in total. The Hall–Kier alpha value is -1.13. The fraction of sp³-hybridized carbons (Fsp3) is 0.250. The van der Waals surface area contributed by atoms with Gasteiger partial charge in [-0.25, -0.2) is 4.79 Å². The van der Waals surface area contributed by atoms with Gasteiger partial charge in [0.1, 0.15) is 0 Å². The Morgan fingerprint density at radius 1 is 1.69 bits per heavy atom. The van der Waals surface area contributed by atoms with Crippen LogP contribution in [0.25, 0.3) is 0 Å². The first-order chi connectivity index (χ1) is 7.60. The van der Waals surface area contributed by atoms with Crippen molar-refractivity contribution in [3.63, 3.8) is 0 Å². The highest BCUT2D eigenvalue weighted by molar-refractivity contribution is 9.10. The van der Waals surface area contributed by atoms with E-state index in [9.17, 15) is 9.90 Å². The maximum Gasteiger partial charge on any atom is 0.338 e. The van der Waals surface area contributed by atoms with Crippen molar-refractivity contribution in [2.75, 3.05) is 6.61 Å². The van der Waals surface area contributed by atoms with E-state index in [1.807, 2.05) is 0 Å². The lowest BCUT2D eigenvalue weighted by Crippen LogP contribution is -2.05. The molecule has 86 valence electrons. The molecule has 0 aromatic heterocycles. The standard InChI is InChI=1S/C12H13BrO3/c1-3-11(14)9-6-5-8(7-10(9)13)12(15)16-4-2/h3,5-7,11,14H,1,4H2,2H3. The van der Waals surface area contributed by atoms with Gasteiger partial charge in [0.25, 0.3) is 0 Å². The van der Waals surface area contributed by atoms with Gasteiger partial charge in [0.15, 0.2) is 0 Å². The molecule has 0 radical (unpaired) electrons. The number of carbonyl (C=O) groups excluding carboxylic acids is 1. The Balaban J connectivity index is 2.99. The van der Waals surface area contributed by atoms with Crippen LogP contribution in [0.2, 0.25) is 0 Å². The fourth-order valence-corrected chi connectivity index (χ4v) is 1.85. The fourth-order valence-electron chi connectivity index (χ4n) is 1.24. The largest absolute Gasteiger partial charge is 0.462 e. The summed E-state index contributed by atoms with van der Waals surface area (Å²) in [4.78, 5) is 11.4. The molecule has 0 aliphatic heterocycles. The van der Waals surface area contributed by atoms with Crippen LogP contribution in [-0.4, -0.2) is 17.7 Å². The average Bonchev–Trinajstić information content (AvgIpc) is 2.28. The maximum absolute atomic E-state index is 11.4. The number of aliphatic hydroxyl groups excluding tert-OH is 1. The van der Waals surface area contributed by atoms with Gasteiger partial charge in [-0.3, -0.25) is 0 Å². The van der Waals surface area contributed by atoms with Crippen molar-refractivity contribution >= 4 is 21.9 Å². The molecule has 0 aliphatic carbocycles. The number of carbonyl (C=O) groups is 1. The van der Waals surface area contributed by atoms with Crippen LogP contribution >= 0.6 is 15.9 Å². The van der Waals surface area contributed by atoms with Crippen molar-refractivity contribution in [2.45, 2.75) is 13.0 Å². The number of esters is 1. The van der Waals surface area contributed by atoms with E-state index >= 15 is 0 Å². The highest BCUT2D eigenvalue weighted by Crippen LogP contribution is 2.25. The van der Waals surface area contributed by atoms with Crippen molar-refractivity contribution in [3.05, 3.63) is 46.5 Å². The van der Waals surface area contributed by atoms with E-state index in [1.54, 1.807) is 25.1 Å². The number of rotatable bonds is 4. The minimum Gasteiger partial charge on any atom is -0.462 e. The van der Waals surface area contributed by atoms with Gasteiger partial charge in [-0.15, -0.1) is 6.58 Å². The average molecular weight is 285 g/mol. The molecule has 1 rings (SSSR count). The Morgan fingerprint density at radius 3 is 2.88 bits per heavy atom. The monoisotopic (exact) mass is 284 g/mol. The summed E-state index contributed by atoms with van der Waals surface area (Å²) < 4.78 is 5.52. The molecule has 16 heavy (non-hydrogen) atoms. The van der Waals surface area contributed by atoms with Crippen LogP contribution in [0.15, 0.2) is 35.3 Å². The van der Waals surface area contributed by atoms with E-state index in [1.165, 1.54) is 6.08 Å². The third-order valence-corrected chi connectivity index (χ3v) is 2.74. The zero-order valence-electron chi connectivity index (χ0n) is 8.94. The second kappa shape index (κ2) is 5.82. The molecule has 1 unspecified atom stereocenters. The molecule has 1 atom stereocenters. The van der Waals surface area contributed by atoms with Crippen LogP contribution in [0, 0.1) is 0 Å². The molecule has 0 fully saturated rings. The molecular formula is C12H13BrO3. The zero-order valence-corrected chi connectivity index (χ0v) is 10.5. The lowest BCUT2D eigenvalue weighted by atomic mass is 10.1. The number of aliphatic hydroxyl groups is 1. The zero-order chi connectivity index (χ0) is 12.1. The van der Waals surface area contributed by atoms with Crippen molar-refractivity contribution in [1.29, 1.82) is 0 Å². The molecule has 4 heteroatoms. The summed E-state index contributed by atoms with van der Waals surface area (Å²) in [6.45, 7) is 5.60. The third-order valence-electron chi connectivity index (χ3n) is 2.05. The van der Waals surface area contributed by atoms with Gasteiger partial charge in [0.2, 0.25) is 0 Å². The predicted octanol–water partition coefficient (Wildman–Crippen LogP) is 2.85. The topological polar surface area (TPSA) is 46.5 Å². The number of ether oxygens (including phenoxy) is 1. The Morgan fingerprint density at radius 2 is 2.38 bits per heavy atom. The van der Waals surface area contributed by atoms with Gasteiger partial charge in [-0.2, -0.15) is 0 Å².